The van der Waals surface area contributed by atoms with Crippen LogP contribution in [0, 0.1) is 34.6 Å². The van der Waals surface area contributed by atoms with Gasteiger partial charge < -0.3 is 9.47 Å². The van der Waals surface area contributed by atoms with Crippen LogP contribution < -0.4 is 9.47 Å². The lowest BCUT2D eigenvalue weighted by molar-refractivity contribution is 0.376. The van der Waals surface area contributed by atoms with Gasteiger partial charge in [-0.25, -0.2) is 0 Å². The Balaban J connectivity index is 2.50. The third kappa shape index (κ3) is 2.79. The van der Waals surface area contributed by atoms with E-state index in [0.717, 1.165) is 28.4 Å². The molecular weight excluding hydrogens is 248 g/mol. The van der Waals surface area contributed by atoms with Crippen molar-refractivity contribution < 1.29 is 9.47 Å². The molecule has 0 aliphatic heterocycles. The average Bonchev–Trinajstić information content (AvgIpc) is 2.37. The quantitative estimate of drug-likeness (QED) is 0.778. The summed E-state index contributed by atoms with van der Waals surface area (Å²) in [5.41, 5.74) is 5.86. The largest absolute Gasteiger partial charge is 0.493 e. The normalized spacial score (nSPS) is 10.5. The first-order valence-electron chi connectivity index (χ1n) is 6.83. The standard InChI is InChI=1S/C18H22O2/c1-11-7-13(3)15(5)16(9-11)20-18-14(4)8-12(2)10-17(18)19-6/h7-10H,1-6H3. The van der Waals surface area contributed by atoms with Gasteiger partial charge in [-0.15, -0.1) is 0 Å². The average molecular weight is 270 g/mol. The van der Waals surface area contributed by atoms with Crippen LogP contribution in [0.3, 0.4) is 0 Å². The van der Waals surface area contributed by atoms with Crippen LogP contribution in [-0.4, -0.2) is 7.11 Å². The maximum absolute atomic E-state index is 6.15. The summed E-state index contributed by atoms with van der Waals surface area (Å²) in [7, 11) is 1.68. The number of ether oxygens (including phenoxy) is 2. The highest BCUT2D eigenvalue weighted by atomic mass is 16.5. The summed E-state index contributed by atoms with van der Waals surface area (Å²) in [5.74, 6) is 2.47. The van der Waals surface area contributed by atoms with Crippen molar-refractivity contribution in [2.75, 3.05) is 7.11 Å². The summed E-state index contributed by atoms with van der Waals surface area (Å²) in [5, 5.41) is 0. The third-order valence-electron chi connectivity index (χ3n) is 3.58. The van der Waals surface area contributed by atoms with E-state index in [0.29, 0.717) is 0 Å². The van der Waals surface area contributed by atoms with Crippen molar-refractivity contribution in [2.24, 2.45) is 0 Å². The molecule has 2 nitrogen and oxygen atoms in total. The fraction of sp³-hybridized carbons (Fsp3) is 0.333. The Morgan fingerprint density at radius 3 is 1.85 bits per heavy atom. The second-order valence-electron chi connectivity index (χ2n) is 5.42. The van der Waals surface area contributed by atoms with E-state index in [-0.39, 0.29) is 0 Å². The highest BCUT2D eigenvalue weighted by Crippen LogP contribution is 2.37. The van der Waals surface area contributed by atoms with Crippen molar-refractivity contribution in [2.45, 2.75) is 34.6 Å². The molecule has 0 bridgehead atoms. The highest BCUT2D eigenvalue weighted by molar-refractivity contribution is 5.52. The van der Waals surface area contributed by atoms with Crippen molar-refractivity contribution in [1.82, 2.24) is 0 Å². The van der Waals surface area contributed by atoms with Gasteiger partial charge in [-0.05, 0) is 74.6 Å². The van der Waals surface area contributed by atoms with Gasteiger partial charge in [0.2, 0.25) is 0 Å². The fourth-order valence-electron chi connectivity index (χ4n) is 2.41. The molecule has 0 unspecified atom stereocenters. The minimum Gasteiger partial charge on any atom is -0.493 e. The van der Waals surface area contributed by atoms with Crippen molar-refractivity contribution in [3.63, 3.8) is 0 Å². The second kappa shape index (κ2) is 5.58. The lowest BCUT2D eigenvalue weighted by Gasteiger charge is -2.17. The molecule has 0 radical (unpaired) electrons. The van der Waals surface area contributed by atoms with Gasteiger partial charge >= 0.3 is 0 Å². The fourth-order valence-corrected chi connectivity index (χ4v) is 2.41. The van der Waals surface area contributed by atoms with Gasteiger partial charge in [-0.3, -0.25) is 0 Å². The summed E-state index contributed by atoms with van der Waals surface area (Å²) in [6.07, 6.45) is 0. The topological polar surface area (TPSA) is 18.5 Å². The highest BCUT2D eigenvalue weighted by Gasteiger charge is 2.12. The summed E-state index contributed by atoms with van der Waals surface area (Å²) < 4.78 is 11.6. The minimum absolute atomic E-state index is 0.779. The molecule has 0 saturated heterocycles. The lowest BCUT2D eigenvalue weighted by Crippen LogP contribution is -1.97. The lowest BCUT2D eigenvalue weighted by atomic mass is 10.1. The van der Waals surface area contributed by atoms with Crippen LogP contribution in [0.15, 0.2) is 24.3 Å². The van der Waals surface area contributed by atoms with Crippen molar-refractivity contribution in [3.05, 3.63) is 52.1 Å². The molecule has 0 N–H and O–H groups in total. The molecule has 0 amide bonds. The first-order valence-corrected chi connectivity index (χ1v) is 6.83. The van der Waals surface area contributed by atoms with Crippen molar-refractivity contribution >= 4 is 0 Å². The van der Waals surface area contributed by atoms with E-state index in [1.165, 1.54) is 16.7 Å². The molecule has 2 aromatic rings. The summed E-state index contributed by atoms with van der Waals surface area (Å²) in [6, 6.07) is 8.35. The zero-order valence-electron chi connectivity index (χ0n) is 13.1. The Morgan fingerprint density at radius 2 is 1.25 bits per heavy atom. The molecule has 0 aliphatic carbocycles. The zero-order chi connectivity index (χ0) is 14.9. The number of hydrogen-bond donors (Lipinski definition) is 0. The summed E-state index contributed by atoms with van der Waals surface area (Å²) in [4.78, 5) is 0. The number of aryl methyl sites for hydroxylation is 4. The van der Waals surface area contributed by atoms with E-state index >= 15 is 0 Å². The molecule has 2 aromatic carbocycles. The van der Waals surface area contributed by atoms with E-state index in [4.69, 9.17) is 9.47 Å². The van der Waals surface area contributed by atoms with E-state index in [1.807, 2.05) is 13.0 Å². The number of hydrogen-bond acceptors (Lipinski definition) is 2. The van der Waals surface area contributed by atoms with Gasteiger partial charge in [-0.1, -0.05) is 12.1 Å². The Kier molecular flexibility index (Phi) is 4.03. The maximum atomic E-state index is 6.15. The Labute approximate surface area is 121 Å². The molecule has 0 atom stereocenters. The Morgan fingerprint density at radius 1 is 0.700 bits per heavy atom. The maximum Gasteiger partial charge on any atom is 0.172 e. The predicted octanol–water partition coefficient (Wildman–Crippen LogP) is 5.03. The van der Waals surface area contributed by atoms with Gasteiger partial charge in [-0.2, -0.15) is 0 Å². The number of methoxy groups -OCH3 is 1. The zero-order valence-corrected chi connectivity index (χ0v) is 13.1. The molecular formula is C18H22O2. The number of benzene rings is 2. The molecule has 0 saturated carbocycles. The van der Waals surface area contributed by atoms with Crippen molar-refractivity contribution in [3.8, 4) is 17.2 Å². The van der Waals surface area contributed by atoms with Crippen molar-refractivity contribution in [1.29, 1.82) is 0 Å². The summed E-state index contributed by atoms with van der Waals surface area (Å²) >= 11 is 0. The molecule has 106 valence electrons. The van der Waals surface area contributed by atoms with Crippen LogP contribution in [-0.2, 0) is 0 Å². The monoisotopic (exact) mass is 270 g/mol. The molecule has 0 heterocycles. The molecule has 2 heteroatoms. The van der Waals surface area contributed by atoms with Crippen LogP contribution in [0.5, 0.6) is 17.2 Å². The molecule has 0 spiro atoms. The smallest absolute Gasteiger partial charge is 0.172 e. The molecule has 0 aliphatic rings. The van der Waals surface area contributed by atoms with E-state index in [9.17, 15) is 0 Å². The Hall–Kier alpha value is -1.96. The molecule has 0 fully saturated rings. The van der Waals surface area contributed by atoms with Crippen LogP contribution in [0.25, 0.3) is 0 Å². The third-order valence-corrected chi connectivity index (χ3v) is 3.58. The SMILES string of the molecule is COc1cc(C)cc(C)c1Oc1cc(C)cc(C)c1C. The first kappa shape index (κ1) is 14.4. The van der Waals surface area contributed by atoms with Gasteiger partial charge in [0.25, 0.3) is 0 Å². The van der Waals surface area contributed by atoms with Crippen LogP contribution in [0.1, 0.15) is 27.8 Å². The van der Waals surface area contributed by atoms with Crippen LogP contribution >= 0.6 is 0 Å². The molecule has 20 heavy (non-hydrogen) atoms. The van der Waals surface area contributed by atoms with Gasteiger partial charge in [0.1, 0.15) is 5.75 Å². The molecule has 0 aromatic heterocycles. The summed E-state index contributed by atoms with van der Waals surface area (Å²) in [6.45, 7) is 10.4. The van der Waals surface area contributed by atoms with Crippen LogP contribution in [0.2, 0.25) is 0 Å². The Bertz CT molecular complexity index is 642. The number of rotatable bonds is 3. The predicted molar refractivity (Wildman–Crippen MR) is 83.2 cm³/mol. The van der Waals surface area contributed by atoms with E-state index in [2.05, 4.69) is 45.9 Å². The minimum atomic E-state index is 0.779. The van der Waals surface area contributed by atoms with Gasteiger partial charge in [0.15, 0.2) is 11.5 Å². The second-order valence-corrected chi connectivity index (χ2v) is 5.42. The first-order chi connectivity index (χ1) is 9.42. The van der Waals surface area contributed by atoms with Crippen LogP contribution in [0.4, 0.5) is 0 Å². The van der Waals surface area contributed by atoms with Gasteiger partial charge in [0, 0.05) is 0 Å². The molecule has 2 rings (SSSR count). The van der Waals surface area contributed by atoms with Gasteiger partial charge in [0.05, 0.1) is 7.11 Å². The van der Waals surface area contributed by atoms with E-state index < -0.39 is 0 Å². The van der Waals surface area contributed by atoms with E-state index in [1.54, 1.807) is 7.11 Å².